The molecule has 24 heavy (non-hydrogen) atoms. The molecule has 0 aliphatic carbocycles. The fourth-order valence-corrected chi connectivity index (χ4v) is 2.94. The second kappa shape index (κ2) is 7.55. The number of hydrogen-bond acceptors (Lipinski definition) is 2. The minimum Gasteiger partial charge on any atom is -0.353 e. The lowest BCUT2D eigenvalue weighted by Crippen LogP contribution is -2.55. The Hall–Kier alpha value is -1.57. The summed E-state index contributed by atoms with van der Waals surface area (Å²) in [5.41, 5.74) is 1.01. The molecule has 3 unspecified atom stereocenters. The van der Waals surface area contributed by atoms with Gasteiger partial charge < -0.3 is 10.6 Å². The first-order valence-corrected chi connectivity index (χ1v) is 8.38. The van der Waals surface area contributed by atoms with Crippen LogP contribution in [0.15, 0.2) is 28.7 Å². The predicted octanol–water partition coefficient (Wildman–Crippen LogP) is 2.95. The normalized spacial score (nSPS) is 22.6. The van der Waals surface area contributed by atoms with Gasteiger partial charge in [-0.2, -0.15) is 13.2 Å². The van der Waals surface area contributed by atoms with Crippen molar-refractivity contribution < 1.29 is 22.8 Å². The summed E-state index contributed by atoms with van der Waals surface area (Å²) in [6.07, 6.45) is -4.30. The molecule has 1 fully saturated rings. The number of halogens is 4. The maximum Gasteiger partial charge on any atom is 0.408 e. The van der Waals surface area contributed by atoms with Crippen LogP contribution in [0.25, 0.3) is 0 Å². The highest BCUT2D eigenvalue weighted by atomic mass is 79.9. The Labute approximate surface area is 146 Å². The molecule has 1 saturated heterocycles. The zero-order valence-electron chi connectivity index (χ0n) is 13.0. The summed E-state index contributed by atoms with van der Waals surface area (Å²) in [5.74, 6) is -2.47. The summed E-state index contributed by atoms with van der Waals surface area (Å²) in [5, 5.41) is 4.59. The van der Waals surface area contributed by atoms with E-state index in [1.165, 1.54) is 0 Å². The van der Waals surface area contributed by atoms with Crippen LogP contribution in [0, 0.1) is 5.92 Å². The standard InChI is InChI=1S/C16H18BrF3N2O2/c1-9(8-10-2-4-11(17)5-3-10)21-14(23)12-6-7-13(16(18,19)20)22-15(12)24/h2-5,9,12-13H,6-8H2,1H3,(H,21,23)(H,22,24). The van der Waals surface area contributed by atoms with E-state index >= 15 is 0 Å². The van der Waals surface area contributed by atoms with E-state index in [0.29, 0.717) is 6.42 Å². The highest BCUT2D eigenvalue weighted by Crippen LogP contribution is 2.28. The zero-order chi connectivity index (χ0) is 17.9. The van der Waals surface area contributed by atoms with Crippen molar-refractivity contribution >= 4 is 27.7 Å². The first-order chi connectivity index (χ1) is 11.2. The van der Waals surface area contributed by atoms with Crippen LogP contribution in [0.1, 0.15) is 25.3 Å². The van der Waals surface area contributed by atoms with Crippen molar-refractivity contribution in [3.63, 3.8) is 0 Å². The van der Waals surface area contributed by atoms with E-state index in [-0.39, 0.29) is 18.9 Å². The lowest BCUT2D eigenvalue weighted by atomic mass is 9.92. The molecule has 2 amide bonds. The molecule has 0 saturated carbocycles. The number of rotatable bonds is 4. The Bertz CT molecular complexity index is 604. The van der Waals surface area contributed by atoms with Crippen LogP contribution in [-0.2, 0) is 16.0 Å². The smallest absolute Gasteiger partial charge is 0.353 e. The number of carbonyl (C=O) groups is 2. The highest BCUT2D eigenvalue weighted by Gasteiger charge is 2.45. The molecule has 0 aromatic heterocycles. The summed E-state index contributed by atoms with van der Waals surface area (Å²) in [4.78, 5) is 24.0. The van der Waals surface area contributed by atoms with Crippen molar-refractivity contribution in [1.29, 1.82) is 0 Å². The van der Waals surface area contributed by atoms with E-state index in [4.69, 9.17) is 0 Å². The number of benzene rings is 1. The second-order valence-electron chi connectivity index (χ2n) is 5.97. The van der Waals surface area contributed by atoms with Crippen molar-refractivity contribution in [3.8, 4) is 0 Å². The predicted molar refractivity (Wildman–Crippen MR) is 86.2 cm³/mol. The number of alkyl halides is 3. The lowest BCUT2D eigenvalue weighted by Gasteiger charge is -2.30. The molecule has 1 aliphatic heterocycles. The summed E-state index contributed by atoms with van der Waals surface area (Å²) >= 11 is 3.34. The SMILES string of the molecule is CC(Cc1ccc(Br)cc1)NC(=O)C1CCC(C(F)(F)F)NC1=O. The van der Waals surface area contributed by atoms with Gasteiger partial charge in [-0.15, -0.1) is 0 Å². The van der Waals surface area contributed by atoms with Crippen LogP contribution in [0.2, 0.25) is 0 Å². The van der Waals surface area contributed by atoms with Crippen molar-refractivity contribution in [2.24, 2.45) is 5.92 Å². The molecule has 4 nitrogen and oxygen atoms in total. The fraction of sp³-hybridized carbons (Fsp3) is 0.500. The maximum absolute atomic E-state index is 12.6. The number of piperidine rings is 1. The van der Waals surface area contributed by atoms with Gasteiger partial charge in [-0.1, -0.05) is 28.1 Å². The molecule has 2 N–H and O–H groups in total. The largest absolute Gasteiger partial charge is 0.408 e. The molecule has 132 valence electrons. The van der Waals surface area contributed by atoms with Gasteiger partial charge in [0, 0.05) is 10.5 Å². The van der Waals surface area contributed by atoms with E-state index in [0.717, 1.165) is 10.0 Å². The van der Waals surface area contributed by atoms with E-state index in [1.54, 1.807) is 6.92 Å². The number of carbonyl (C=O) groups excluding carboxylic acids is 2. The van der Waals surface area contributed by atoms with Crippen molar-refractivity contribution in [3.05, 3.63) is 34.3 Å². The number of hydrogen-bond donors (Lipinski definition) is 2. The molecule has 1 heterocycles. The van der Waals surface area contributed by atoms with Crippen molar-refractivity contribution in [1.82, 2.24) is 10.6 Å². The molecule has 3 atom stereocenters. The van der Waals surface area contributed by atoms with Crippen LogP contribution >= 0.6 is 15.9 Å². The molecule has 2 rings (SSSR count). The summed E-state index contributed by atoms with van der Waals surface area (Å²) in [6, 6.07) is 5.49. The van der Waals surface area contributed by atoms with Gasteiger partial charge in [0.25, 0.3) is 0 Å². The summed E-state index contributed by atoms with van der Waals surface area (Å²) < 4.78 is 38.8. The lowest BCUT2D eigenvalue weighted by molar-refractivity contribution is -0.171. The average Bonchev–Trinajstić information content (AvgIpc) is 2.48. The topological polar surface area (TPSA) is 58.2 Å². The molecule has 0 bridgehead atoms. The third kappa shape index (κ3) is 4.96. The van der Waals surface area contributed by atoms with Gasteiger partial charge in [0.1, 0.15) is 12.0 Å². The van der Waals surface area contributed by atoms with Crippen LogP contribution < -0.4 is 10.6 Å². The van der Waals surface area contributed by atoms with Crippen LogP contribution in [0.5, 0.6) is 0 Å². The van der Waals surface area contributed by atoms with E-state index in [9.17, 15) is 22.8 Å². The summed E-state index contributed by atoms with van der Waals surface area (Å²) in [6.45, 7) is 1.79. The summed E-state index contributed by atoms with van der Waals surface area (Å²) in [7, 11) is 0. The molecule has 0 radical (unpaired) electrons. The Morgan fingerprint density at radius 3 is 2.50 bits per heavy atom. The van der Waals surface area contributed by atoms with Gasteiger partial charge in [0.05, 0.1) is 0 Å². The maximum atomic E-state index is 12.6. The highest BCUT2D eigenvalue weighted by molar-refractivity contribution is 9.10. The van der Waals surface area contributed by atoms with Crippen molar-refractivity contribution in [2.45, 2.75) is 44.4 Å². The van der Waals surface area contributed by atoms with E-state index < -0.39 is 30.0 Å². The van der Waals surface area contributed by atoms with Gasteiger partial charge in [-0.25, -0.2) is 0 Å². The Morgan fingerprint density at radius 1 is 1.33 bits per heavy atom. The van der Waals surface area contributed by atoms with E-state index in [2.05, 4.69) is 21.2 Å². The first-order valence-electron chi connectivity index (χ1n) is 7.58. The third-order valence-corrected chi connectivity index (χ3v) is 4.46. The second-order valence-corrected chi connectivity index (χ2v) is 6.89. The van der Waals surface area contributed by atoms with Crippen LogP contribution in [0.4, 0.5) is 13.2 Å². The molecule has 1 aromatic carbocycles. The fourth-order valence-electron chi connectivity index (χ4n) is 2.67. The van der Waals surface area contributed by atoms with E-state index in [1.807, 2.05) is 29.6 Å². The Morgan fingerprint density at radius 2 is 1.96 bits per heavy atom. The van der Waals surface area contributed by atoms with Crippen LogP contribution in [0.3, 0.4) is 0 Å². The zero-order valence-corrected chi connectivity index (χ0v) is 14.6. The van der Waals surface area contributed by atoms with Gasteiger partial charge >= 0.3 is 6.18 Å². The molecule has 8 heteroatoms. The van der Waals surface area contributed by atoms with Gasteiger partial charge in [0.2, 0.25) is 11.8 Å². The van der Waals surface area contributed by atoms with Gasteiger partial charge in [-0.3, -0.25) is 9.59 Å². The van der Waals surface area contributed by atoms with Crippen LogP contribution in [-0.4, -0.2) is 30.1 Å². The monoisotopic (exact) mass is 406 g/mol. The molecule has 1 aliphatic rings. The number of nitrogens with one attached hydrogen (secondary N) is 2. The van der Waals surface area contributed by atoms with Crippen molar-refractivity contribution in [2.75, 3.05) is 0 Å². The third-order valence-electron chi connectivity index (χ3n) is 3.93. The first kappa shape index (κ1) is 18.8. The molecule has 0 spiro atoms. The Kier molecular flexibility index (Phi) is 5.90. The average molecular weight is 407 g/mol. The van der Waals surface area contributed by atoms with Gasteiger partial charge in [-0.05, 0) is 43.9 Å². The Balaban J connectivity index is 1.88. The quantitative estimate of drug-likeness (QED) is 0.755. The molecular formula is C16H18BrF3N2O2. The molecular weight excluding hydrogens is 389 g/mol. The number of amides is 2. The molecule has 1 aromatic rings. The minimum atomic E-state index is -4.48. The van der Waals surface area contributed by atoms with Gasteiger partial charge in [0.15, 0.2) is 0 Å². The minimum absolute atomic E-state index is 0.104.